The third-order valence-corrected chi connectivity index (χ3v) is 3.48. The maximum absolute atomic E-state index is 12.0. The molecule has 6 nitrogen and oxygen atoms in total. The van der Waals surface area contributed by atoms with Crippen molar-refractivity contribution in [2.45, 2.75) is 57.1 Å². The van der Waals surface area contributed by atoms with Gasteiger partial charge in [0, 0.05) is 18.6 Å². The maximum Gasteiger partial charge on any atom is 0.233 e. The summed E-state index contributed by atoms with van der Waals surface area (Å²) in [6.07, 6.45) is 0. The zero-order valence-electron chi connectivity index (χ0n) is 12.2. The number of nitrogens with one attached hydrogen (secondary N) is 1. The van der Waals surface area contributed by atoms with E-state index in [0.717, 1.165) is 11.0 Å². The number of hydrogen-bond donors (Lipinski definition) is 2. The van der Waals surface area contributed by atoms with E-state index in [1.54, 1.807) is 0 Å². The van der Waals surface area contributed by atoms with Crippen LogP contribution < -0.4 is 11.1 Å². The molecule has 0 aliphatic carbocycles. The molecule has 3 N–H and O–H groups in total. The summed E-state index contributed by atoms with van der Waals surface area (Å²) < 4.78 is 1.94. The molecule has 7 heteroatoms. The molecule has 1 aromatic heterocycles. The number of hydrogen-bond acceptors (Lipinski definition) is 5. The van der Waals surface area contributed by atoms with Gasteiger partial charge in [0.05, 0.1) is 5.25 Å². The van der Waals surface area contributed by atoms with Crippen LogP contribution in [0.15, 0.2) is 5.16 Å². The molecule has 0 saturated carbocycles. The Labute approximate surface area is 118 Å². The number of amides is 1. The molecule has 1 amide bonds. The molecule has 0 aliphatic rings. The van der Waals surface area contributed by atoms with Crippen molar-refractivity contribution in [1.29, 1.82) is 0 Å². The van der Waals surface area contributed by atoms with Crippen LogP contribution in [-0.4, -0.2) is 38.0 Å². The van der Waals surface area contributed by atoms with Crippen molar-refractivity contribution in [1.82, 2.24) is 20.1 Å². The van der Waals surface area contributed by atoms with E-state index in [2.05, 4.69) is 15.5 Å². The summed E-state index contributed by atoms with van der Waals surface area (Å²) in [5, 5.41) is 11.6. The minimum Gasteiger partial charge on any atom is -0.351 e. The van der Waals surface area contributed by atoms with E-state index >= 15 is 0 Å². The normalized spacial score (nSPS) is 13.4. The van der Waals surface area contributed by atoms with Gasteiger partial charge in [-0.3, -0.25) is 4.79 Å². The predicted octanol–water partition coefficient (Wildman–Crippen LogP) is 0.941. The molecule has 0 saturated heterocycles. The summed E-state index contributed by atoms with van der Waals surface area (Å²) in [7, 11) is 0. The van der Waals surface area contributed by atoms with Gasteiger partial charge in [-0.25, -0.2) is 0 Å². The van der Waals surface area contributed by atoms with Gasteiger partial charge in [-0.15, -0.1) is 10.2 Å². The molecule has 0 fully saturated rings. The first kappa shape index (κ1) is 16.0. The Kier molecular flexibility index (Phi) is 5.37. The molecule has 108 valence electrons. The average Bonchev–Trinajstić information content (AvgIpc) is 2.59. The molecule has 1 unspecified atom stereocenters. The summed E-state index contributed by atoms with van der Waals surface area (Å²) in [5.41, 5.74) is 5.34. The Morgan fingerprint density at radius 3 is 2.63 bits per heavy atom. The number of aromatic nitrogens is 3. The second kappa shape index (κ2) is 6.38. The van der Waals surface area contributed by atoms with Crippen molar-refractivity contribution in [2.75, 3.05) is 6.54 Å². The van der Waals surface area contributed by atoms with Crippen molar-refractivity contribution in [2.24, 2.45) is 5.73 Å². The van der Waals surface area contributed by atoms with Gasteiger partial charge in [0.1, 0.15) is 5.82 Å². The fraction of sp³-hybridized carbons (Fsp3) is 0.750. The van der Waals surface area contributed by atoms with Gasteiger partial charge >= 0.3 is 0 Å². The average molecular weight is 285 g/mol. The lowest BCUT2D eigenvalue weighted by Gasteiger charge is -2.22. The van der Waals surface area contributed by atoms with Gasteiger partial charge in [-0.05, 0) is 34.6 Å². The van der Waals surface area contributed by atoms with E-state index < -0.39 is 0 Å². The van der Waals surface area contributed by atoms with Crippen molar-refractivity contribution in [3.8, 4) is 0 Å². The number of thioether (sulfide) groups is 1. The zero-order chi connectivity index (χ0) is 14.6. The molecule has 1 heterocycles. The summed E-state index contributed by atoms with van der Waals surface area (Å²) >= 11 is 1.40. The molecule has 19 heavy (non-hydrogen) atoms. The van der Waals surface area contributed by atoms with Crippen LogP contribution in [0.25, 0.3) is 0 Å². The fourth-order valence-electron chi connectivity index (χ4n) is 1.52. The summed E-state index contributed by atoms with van der Waals surface area (Å²) in [6, 6.07) is 0. The second-order valence-electron chi connectivity index (χ2n) is 5.47. The number of carbonyl (C=O) groups is 1. The molecule has 0 spiro atoms. The van der Waals surface area contributed by atoms with E-state index in [4.69, 9.17) is 5.73 Å². The van der Waals surface area contributed by atoms with Gasteiger partial charge in [-0.1, -0.05) is 11.8 Å². The molecule has 0 aromatic carbocycles. The minimum atomic E-state index is -0.229. The molecule has 0 radical (unpaired) electrons. The Morgan fingerprint density at radius 2 is 2.11 bits per heavy atom. The van der Waals surface area contributed by atoms with Crippen LogP contribution in [0.5, 0.6) is 0 Å². The van der Waals surface area contributed by atoms with E-state index in [1.165, 1.54) is 11.8 Å². The zero-order valence-corrected chi connectivity index (χ0v) is 13.0. The maximum atomic E-state index is 12.0. The number of aryl methyl sites for hydroxylation is 1. The van der Waals surface area contributed by atoms with Gasteiger partial charge in [0.2, 0.25) is 5.91 Å². The van der Waals surface area contributed by atoms with E-state index in [9.17, 15) is 4.79 Å². The van der Waals surface area contributed by atoms with Crippen LogP contribution in [0.2, 0.25) is 0 Å². The largest absolute Gasteiger partial charge is 0.351 e. The van der Waals surface area contributed by atoms with Crippen LogP contribution >= 0.6 is 11.8 Å². The highest BCUT2D eigenvalue weighted by Gasteiger charge is 2.22. The second-order valence-corrected chi connectivity index (χ2v) is 6.78. The van der Waals surface area contributed by atoms with Gasteiger partial charge in [-0.2, -0.15) is 0 Å². The number of nitrogens with two attached hydrogens (primary N) is 1. The first-order valence-electron chi connectivity index (χ1n) is 6.33. The topological polar surface area (TPSA) is 85.8 Å². The predicted molar refractivity (Wildman–Crippen MR) is 77.0 cm³/mol. The quantitative estimate of drug-likeness (QED) is 0.786. The van der Waals surface area contributed by atoms with Crippen molar-refractivity contribution < 1.29 is 4.79 Å². The number of rotatable bonds is 5. The monoisotopic (exact) mass is 285 g/mol. The van der Waals surface area contributed by atoms with Gasteiger partial charge in [0.15, 0.2) is 5.16 Å². The molecular weight excluding hydrogens is 262 g/mol. The van der Waals surface area contributed by atoms with Crippen molar-refractivity contribution in [3.63, 3.8) is 0 Å². The smallest absolute Gasteiger partial charge is 0.233 e. The number of carbonyl (C=O) groups excluding carboxylic acids is 1. The highest BCUT2D eigenvalue weighted by Crippen LogP contribution is 2.22. The lowest BCUT2D eigenvalue weighted by Crippen LogP contribution is -2.44. The molecule has 1 atom stereocenters. The van der Waals surface area contributed by atoms with Crippen LogP contribution in [0.4, 0.5) is 0 Å². The van der Waals surface area contributed by atoms with Crippen molar-refractivity contribution in [3.05, 3.63) is 5.82 Å². The number of nitrogens with zero attached hydrogens (tertiary/aromatic N) is 3. The summed E-state index contributed by atoms with van der Waals surface area (Å²) in [5.74, 6) is 0.814. The van der Waals surface area contributed by atoms with Crippen molar-refractivity contribution >= 4 is 17.7 Å². The standard InChI is InChI=1S/C12H23N5OS/c1-8(10(18)14-12(3,4)5)19-11-16-15-9(2)17(11)7-6-13/h8H,6-7,13H2,1-5H3,(H,14,18). The third kappa shape index (κ3) is 4.83. The van der Waals surface area contributed by atoms with Crippen LogP contribution in [0.1, 0.15) is 33.5 Å². The molecule has 1 rings (SSSR count). The first-order chi connectivity index (χ1) is 8.74. The van der Waals surface area contributed by atoms with E-state index in [0.29, 0.717) is 13.1 Å². The Bertz CT molecular complexity index is 438. The van der Waals surface area contributed by atoms with E-state index in [1.807, 2.05) is 39.2 Å². The summed E-state index contributed by atoms with van der Waals surface area (Å²) in [6.45, 7) is 10.8. The Morgan fingerprint density at radius 1 is 1.47 bits per heavy atom. The third-order valence-electron chi connectivity index (χ3n) is 2.40. The Balaban J connectivity index is 2.71. The van der Waals surface area contributed by atoms with Crippen LogP contribution in [-0.2, 0) is 11.3 Å². The van der Waals surface area contributed by atoms with Gasteiger partial charge in [0.25, 0.3) is 0 Å². The summed E-state index contributed by atoms with van der Waals surface area (Å²) in [4.78, 5) is 12.0. The lowest BCUT2D eigenvalue weighted by atomic mass is 10.1. The Hall–Kier alpha value is -1.08. The highest BCUT2D eigenvalue weighted by atomic mass is 32.2. The highest BCUT2D eigenvalue weighted by molar-refractivity contribution is 8.00. The molecular formula is C12H23N5OS. The lowest BCUT2D eigenvalue weighted by molar-refractivity contribution is -0.121. The van der Waals surface area contributed by atoms with Crippen LogP contribution in [0, 0.1) is 6.92 Å². The van der Waals surface area contributed by atoms with Crippen LogP contribution in [0.3, 0.4) is 0 Å². The molecule has 1 aromatic rings. The molecule has 0 bridgehead atoms. The van der Waals surface area contributed by atoms with E-state index in [-0.39, 0.29) is 16.7 Å². The fourth-order valence-corrected chi connectivity index (χ4v) is 2.44. The van der Waals surface area contributed by atoms with Gasteiger partial charge < -0.3 is 15.6 Å². The SMILES string of the molecule is Cc1nnc(SC(C)C(=O)NC(C)(C)C)n1CCN. The first-order valence-corrected chi connectivity index (χ1v) is 7.21. The molecule has 0 aliphatic heterocycles. The minimum absolute atomic E-state index is 0.00236.